The second-order valence-electron chi connectivity index (χ2n) is 5.93. The summed E-state index contributed by atoms with van der Waals surface area (Å²) < 4.78 is 17.9. The van der Waals surface area contributed by atoms with Gasteiger partial charge in [-0.05, 0) is 36.8 Å². The normalized spacial score (nSPS) is 12.2. The van der Waals surface area contributed by atoms with Crippen LogP contribution in [0.1, 0.15) is 29.4 Å². The number of para-hydroxylation sites is 1. The van der Waals surface area contributed by atoms with Crippen molar-refractivity contribution in [3.63, 3.8) is 0 Å². The molecule has 0 aliphatic carbocycles. The van der Waals surface area contributed by atoms with Gasteiger partial charge in [-0.3, -0.25) is 0 Å². The van der Waals surface area contributed by atoms with Crippen LogP contribution in [0.4, 0.5) is 0 Å². The van der Waals surface area contributed by atoms with Gasteiger partial charge in [-0.1, -0.05) is 31.5 Å². The average Bonchev–Trinajstić information content (AvgIpc) is 3.29. The van der Waals surface area contributed by atoms with Crippen molar-refractivity contribution in [1.29, 1.82) is 0 Å². The fraction of sp³-hybridized carbons (Fsp3) is 0.200. The van der Waals surface area contributed by atoms with Crippen LogP contribution in [0.15, 0.2) is 54.6 Å². The summed E-state index contributed by atoms with van der Waals surface area (Å²) in [5, 5.41) is 4.57. The molecule has 4 rings (SSSR count). The zero-order valence-electron chi connectivity index (χ0n) is 14.3. The molecule has 0 saturated heterocycles. The fourth-order valence-electron chi connectivity index (χ4n) is 2.79. The molecule has 1 aliphatic rings. The second kappa shape index (κ2) is 6.92. The summed E-state index contributed by atoms with van der Waals surface area (Å²) in [5.41, 5.74) is 2.11. The number of ether oxygens (including phenoxy) is 3. The molecular formula is C20H18N2O4. The van der Waals surface area contributed by atoms with Gasteiger partial charge in [-0.25, -0.2) is 9.48 Å². The van der Waals surface area contributed by atoms with E-state index in [1.807, 2.05) is 30.3 Å². The second-order valence-corrected chi connectivity index (χ2v) is 5.93. The highest BCUT2D eigenvalue weighted by Gasteiger charge is 2.19. The van der Waals surface area contributed by atoms with Gasteiger partial charge in [-0.15, -0.1) is 0 Å². The highest BCUT2D eigenvalue weighted by Crippen LogP contribution is 2.33. The van der Waals surface area contributed by atoms with Gasteiger partial charge in [0, 0.05) is 6.07 Å². The Morgan fingerprint density at radius 1 is 1.12 bits per heavy atom. The van der Waals surface area contributed by atoms with Gasteiger partial charge < -0.3 is 14.2 Å². The number of fused-ring (bicyclic) bond motifs is 1. The Balaban J connectivity index is 1.63. The summed E-state index contributed by atoms with van der Waals surface area (Å²) in [7, 11) is 0. The highest BCUT2D eigenvalue weighted by atomic mass is 16.7. The zero-order chi connectivity index (χ0) is 17.9. The maximum Gasteiger partial charge on any atom is 0.344 e. The molecule has 1 aromatic heterocycles. The van der Waals surface area contributed by atoms with Crippen LogP contribution in [0.25, 0.3) is 5.69 Å². The third kappa shape index (κ3) is 3.13. The van der Waals surface area contributed by atoms with Crippen LogP contribution in [0.5, 0.6) is 17.4 Å². The molecule has 0 unspecified atom stereocenters. The third-order valence-corrected chi connectivity index (χ3v) is 4.04. The fourth-order valence-corrected chi connectivity index (χ4v) is 2.79. The average molecular weight is 350 g/mol. The monoisotopic (exact) mass is 350 g/mol. The lowest BCUT2D eigenvalue weighted by molar-refractivity contribution is 0.0722. The van der Waals surface area contributed by atoms with E-state index in [0.29, 0.717) is 22.9 Å². The number of carbonyl (C=O) groups excluding carboxylic acids is 1. The molecular weight excluding hydrogens is 332 g/mol. The van der Waals surface area contributed by atoms with Gasteiger partial charge in [0.25, 0.3) is 0 Å². The molecule has 0 N–H and O–H groups in total. The molecule has 26 heavy (non-hydrogen) atoms. The Morgan fingerprint density at radius 2 is 1.92 bits per heavy atom. The number of aryl methyl sites for hydroxylation is 1. The standard InChI is InChI=1S/C20H18N2O4/c1-2-6-15-12-19(22(21-15)16-7-4-3-5-8-16)26-20(23)14-9-10-17-18(11-14)25-13-24-17/h3-5,7-12H,2,6,13H2,1H3. The van der Waals surface area contributed by atoms with E-state index in [4.69, 9.17) is 14.2 Å². The lowest BCUT2D eigenvalue weighted by Gasteiger charge is -2.08. The Kier molecular flexibility index (Phi) is 4.31. The summed E-state index contributed by atoms with van der Waals surface area (Å²) >= 11 is 0. The first-order valence-electron chi connectivity index (χ1n) is 8.51. The van der Waals surface area contributed by atoms with Gasteiger partial charge in [0.2, 0.25) is 12.7 Å². The Labute approximate surface area is 150 Å². The summed E-state index contributed by atoms with van der Waals surface area (Å²) in [5.74, 6) is 1.09. The van der Waals surface area contributed by atoms with Crippen LogP contribution in [-0.2, 0) is 6.42 Å². The van der Waals surface area contributed by atoms with Gasteiger partial charge in [0.1, 0.15) is 0 Å². The molecule has 0 bridgehead atoms. The van der Waals surface area contributed by atoms with E-state index in [1.54, 1.807) is 28.9 Å². The van der Waals surface area contributed by atoms with Crippen molar-refractivity contribution in [3.05, 3.63) is 65.9 Å². The summed E-state index contributed by atoms with van der Waals surface area (Å²) in [6.45, 7) is 2.24. The molecule has 3 aromatic rings. The van der Waals surface area contributed by atoms with Crippen LogP contribution < -0.4 is 14.2 Å². The quantitative estimate of drug-likeness (QED) is 0.656. The van der Waals surface area contributed by atoms with Crippen molar-refractivity contribution in [3.8, 4) is 23.1 Å². The Morgan fingerprint density at radius 3 is 2.73 bits per heavy atom. The number of carbonyl (C=O) groups is 1. The minimum atomic E-state index is -0.469. The number of aromatic nitrogens is 2. The molecule has 0 radical (unpaired) electrons. The smallest absolute Gasteiger partial charge is 0.344 e. The van der Waals surface area contributed by atoms with Crippen LogP contribution in [0.3, 0.4) is 0 Å². The maximum atomic E-state index is 12.6. The Hall–Kier alpha value is -3.28. The minimum Gasteiger partial charge on any atom is -0.454 e. The number of esters is 1. The molecule has 0 fully saturated rings. The van der Waals surface area contributed by atoms with E-state index < -0.39 is 5.97 Å². The van der Waals surface area contributed by atoms with E-state index >= 15 is 0 Å². The van der Waals surface area contributed by atoms with Gasteiger partial charge >= 0.3 is 5.97 Å². The number of hydrogen-bond donors (Lipinski definition) is 0. The predicted octanol–water partition coefficient (Wildman–Crippen LogP) is 3.77. The molecule has 0 saturated carbocycles. The lowest BCUT2D eigenvalue weighted by atomic mass is 10.2. The summed E-state index contributed by atoms with van der Waals surface area (Å²) in [6.07, 6.45) is 1.77. The molecule has 0 amide bonds. The van der Waals surface area contributed by atoms with Crippen LogP contribution in [0, 0.1) is 0 Å². The summed E-state index contributed by atoms with van der Waals surface area (Å²) in [4.78, 5) is 12.6. The predicted molar refractivity (Wildman–Crippen MR) is 95.1 cm³/mol. The number of rotatable bonds is 5. The van der Waals surface area contributed by atoms with E-state index in [-0.39, 0.29) is 6.79 Å². The first-order valence-corrected chi connectivity index (χ1v) is 8.51. The largest absolute Gasteiger partial charge is 0.454 e. The molecule has 2 heterocycles. The molecule has 1 aliphatic heterocycles. The van der Waals surface area contributed by atoms with Crippen LogP contribution in [0.2, 0.25) is 0 Å². The number of hydrogen-bond acceptors (Lipinski definition) is 5. The summed E-state index contributed by atoms with van der Waals surface area (Å²) in [6, 6.07) is 16.4. The molecule has 6 heteroatoms. The van der Waals surface area contributed by atoms with Crippen molar-refractivity contribution in [2.75, 3.05) is 6.79 Å². The van der Waals surface area contributed by atoms with Crippen LogP contribution >= 0.6 is 0 Å². The van der Waals surface area contributed by atoms with Gasteiger partial charge in [0.15, 0.2) is 11.5 Å². The molecule has 2 aromatic carbocycles. The molecule has 0 atom stereocenters. The first-order chi connectivity index (χ1) is 12.7. The van der Waals surface area contributed by atoms with Crippen LogP contribution in [-0.4, -0.2) is 22.5 Å². The maximum absolute atomic E-state index is 12.6. The van der Waals surface area contributed by atoms with Gasteiger partial charge in [-0.2, -0.15) is 5.10 Å². The van der Waals surface area contributed by atoms with Crippen molar-refractivity contribution >= 4 is 5.97 Å². The van der Waals surface area contributed by atoms with E-state index in [2.05, 4.69) is 12.0 Å². The van der Waals surface area contributed by atoms with Gasteiger partial charge in [0.05, 0.1) is 16.9 Å². The van der Waals surface area contributed by atoms with Crippen molar-refractivity contribution in [1.82, 2.24) is 9.78 Å². The first kappa shape index (κ1) is 16.2. The number of nitrogens with zero attached hydrogens (tertiary/aromatic N) is 2. The Bertz CT molecular complexity index is 934. The zero-order valence-corrected chi connectivity index (χ0v) is 14.3. The van der Waals surface area contributed by atoms with E-state index in [1.165, 1.54) is 0 Å². The SMILES string of the molecule is CCCc1cc(OC(=O)c2ccc3c(c2)OCO3)n(-c2ccccc2)n1. The van der Waals surface area contributed by atoms with E-state index in [0.717, 1.165) is 24.2 Å². The molecule has 0 spiro atoms. The molecule has 132 valence electrons. The van der Waals surface area contributed by atoms with E-state index in [9.17, 15) is 4.79 Å². The molecule has 6 nitrogen and oxygen atoms in total. The number of benzene rings is 2. The van der Waals surface area contributed by atoms with Crippen molar-refractivity contribution in [2.24, 2.45) is 0 Å². The lowest BCUT2D eigenvalue weighted by Crippen LogP contribution is -2.11. The van der Waals surface area contributed by atoms with Crippen molar-refractivity contribution < 1.29 is 19.0 Å². The van der Waals surface area contributed by atoms with Crippen molar-refractivity contribution in [2.45, 2.75) is 19.8 Å². The highest BCUT2D eigenvalue weighted by molar-refractivity contribution is 5.91. The third-order valence-electron chi connectivity index (χ3n) is 4.04. The minimum absolute atomic E-state index is 0.162. The topological polar surface area (TPSA) is 62.6 Å².